The zero-order chi connectivity index (χ0) is 20.8. The lowest BCUT2D eigenvalue weighted by Crippen LogP contribution is -2.35. The first-order valence-electron chi connectivity index (χ1n) is 9.86. The molecule has 0 spiro atoms. The number of carbonyl (C=O) groups excluding carboxylic acids is 2. The molecule has 0 aromatic heterocycles. The number of para-hydroxylation sites is 2. The molecule has 0 N–H and O–H groups in total. The maximum atomic E-state index is 13.6. The molecule has 148 valence electrons. The molecule has 3 aromatic carbocycles. The summed E-state index contributed by atoms with van der Waals surface area (Å²) in [6.07, 6.45) is 0.794. The predicted molar refractivity (Wildman–Crippen MR) is 114 cm³/mol. The highest BCUT2D eigenvalue weighted by molar-refractivity contribution is 6.46. The predicted octanol–water partition coefficient (Wildman–Crippen LogP) is 4.48. The Morgan fingerprint density at radius 3 is 2.20 bits per heavy atom. The van der Waals surface area contributed by atoms with Crippen molar-refractivity contribution in [1.82, 2.24) is 0 Å². The molecule has 0 saturated carbocycles. The van der Waals surface area contributed by atoms with E-state index in [4.69, 9.17) is 0 Å². The van der Waals surface area contributed by atoms with Gasteiger partial charge < -0.3 is 4.90 Å². The Morgan fingerprint density at radius 2 is 1.47 bits per heavy atom. The molecular weight excluding hydrogens is 379 g/mol. The van der Waals surface area contributed by atoms with Crippen molar-refractivity contribution in [3.05, 3.63) is 101 Å². The number of anilines is 2. The van der Waals surface area contributed by atoms with Gasteiger partial charge in [0.15, 0.2) is 0 Å². The van der Waals surface area contributed by atoms with E-state index in [2.05, 4.69) is 0 Å². The smallest absolute Gasteiger partial charge is 0.282 e. The highest BCUT2D eigenvalue weighted by Crippen LogP contribution is 2.40. The topological polar surface area (TPSA) is 40.6 Å². The van der Waals surface area contributed by atoms with Crippen LogP contribution in [0.15, 0.2) is 78.5 Å². The maximum Gasteiger partial charge on any atom is 0.282 e. The van der Waals surface area contributed by atoms with Gasteiger partial charge in [0.05, 0.1) is 11.3 Å². The Kier molecular flexibility index (Phi) is 4.24. The van der Waals surface area contributed by atoms with E-state index < -0.39 is 0 Å². The molecule has 0 unspecified atom stereocenters. The van der Waals surface area contributed by atoms with Gasteiger partial charge >= 0.3 is 0 Å². The fourth-order valence-electron chi connectivity index (χ4n) is 4.25. The van der Waals surface area contributed by atoms with Gasteiger partial charge in [0.2, 0.25) is 0 Å². The molecule has 0 atom stereocenters. The van der Waals surface area contributed by atoms with Gasteiger partial charge in [0, 0.05) is 12.2 Å². The highest BCUT2D eigenvalue weighted by atomic mass is 19.1. The Bertz CT molecular complexity index is 1210. The molecule has 5 rings (SSSR count). The van der Waals surface area contributed by atoms with Crippen LogP contribution in [0.5, 0.6) is 0 Å². The molecule has 2 aliphatic heterocycles. The fraction of sp³-hybridized carbons (Fsp3) is 0.120. The Balaban J connectivity index is 1.70. The van der Waals surface area contributed by atoms with Crippen molar-refractivity contribution in [2.75, 3.05) is 16.3 Å². The van der Waals surface area contributed by atoms with Gasteiger partial charge in [-0.05, 0) is 54.3 Å². The average molecular weight is 398 g/mol. The monoisotopic (exact) mass is 398 g/mol. The van der Waals surface area contributed by atoms with Crippen LogP contribution in [0.2, 0.25) is 0 Å². The molecule has 2 amide bonds. The van der Waals surface area contributed by atoms with E-state index in [9.17, 15) is 14.0 Å². The third-order valence-corrected chi connectivity index (χ3v) is 5.71. The second-order valence-corrected chi connectivity index (χ2v) is 7.49. The Labute approximate surface area is 173 Å². The lowest BCUT2D eigenvalue weighted by Gasteiger charge is -2.22. The van der Waals surface area contributed by atoms with Gasteiger partial charge in [0.25, 0.3) is 11.8 Å². The summed E-state index contributed by atoms with van der Waals surface area (Å²) in [6, 6.07) is 21.0. The normalized spacial score (nSPS) is 15.9. The molecule has 0 aliphatic carbocycles. The summed E-state index contributed by atoms with van der Waals surface area (Å²) in [5.41, 5.74) is 4.65. The molecule has 0 bridgehead atoms. The minimum atomic E-state index is -0.389. The van der Waals surface area contributed by atoms with Crippen molar-refractivity contribution >= 4 is 28.8 Å². The van der Waals surface area contributed by atoms with Crippen LogP contribution < -0.4 is 9.80 Å². The molecule has 0 radical (unpaired) electrons. The number of amides is 2. The number of nitrogens with zero attached hydrogens (tertiary/aromatic N) is 2. The maximum absolute atomic E-state index is 13.6. The van der Waals surface area contributed by atoms with Crippen LogP contribution in [-0.2, 0) is 16.0 Å². The number of carbonyl (C=O) groups is 2. The van der Waals surface area contributed by atoms with Crippen LogP contribution in [0.25, 0.3) is 5.57 Å². The SMILES string of the molecule is Cc1ccccc1N1C(=O)C(c2ccc(F)cc2)=C(N2CCc3ccccc32)C1=O. The van der Waals surface area contributed by atoms with Gasteiger partial charge in [0.1, 0.15) is 11.5 Å². The van der Waals surface area contributed by atoms with Gasteiger partial charge in [-0.1, -0.05) is 48.5 Å². The Hall–Kier alpha value is -3.73. The zero-order valence-electron chi connectivity index (χ0n) is 16.4. The van der Waals surface area contributed by atoms with E-state index in [1.54, 1.807) is 18.2 Å². The molecule has 5 heteroatoms. The number of hydrogen-bond donors (Lipinski definition) is 0. The van der Waals surface area contributed by atoms with E-state index >= 15 is 0 Å². The van der Waals surface area contributed by atoms with Gasteiger partial charge in [-0.2, -0.15) is 0 Å². The number of rotatable bonds is 3. The third kappa shape index (κ3) is 2.74. The molecule has 0 saturated heterocycles. The van der Waals surface area contributed by atoms with Crippen LogP contribution >= 0.6 is 0 Å². The molecule has 30 heavy (non-hydrogen) atoms. The van der Waals surface area contributed by atoms with E-state index in [1.165, 1.54) is 17.0 Å². The fourth-order valence-corrected chi connectivity index (χ4v) is 4.25. The van der Waals surface area contributed by atoms with Crippen LogP contribution in [0.4, 0.5) is 15.8 Å². The van der Waals surface area contributed by atoms with Gasteiger partial charge in [-0.15, -0.1) is 0 Å². The molecule has 2 aliphatic rings. The van der Waals surface area contributed by atoms with Crippen molar-refractivity contribution in [2.24, 2.45) is 0 Å². The summed E-state index contributed by atoms with van der Waals surface area (Å²) in [4.78, 5) is 30.4. The lowest BCUT2D eigenvalue weighted by atomic mass is 10.0. The van der Waals surface area contributed by atoms with E-state index in [0.29, 0.717) is 29.1 Å². The quantitative estimate of drug-likeness (QED) is 0.611. The first kappa shape index (κ1) is 18.3. The van der Waals surface area contributed by atoms with Gasteiger partial charge in [-0.25, -0.2) is 9.29 Å². The standard InChI is InChI=1S/C25H19FN2O2/c1-16-6-2-4-8-20(16)28-24(29)22(18-10-12-19(26)13-11-18)23(25(28)30)27-15-14-17-7-3-5-9-21(17)27/h2-13H,14-15H2,1H3. The summed E-state index contributed by atoms with van der Waals surface area (Å²) in [5, 5.41) is 0. The van der Waals surface area contributed by atoms with E-state index in [-0.39, 0.29) is 17.6 Å². The minimum Gasteiger partial charge on any atom is -0.336 e. The van der Waals surface area contributed by atoms with Crippen molar-refractivity contribution in [2.45, 2.75) is 13.3 Å². The summed E-state index contributed by atoms with van der Waals surface area (Å²) in [5.74, 6) is -1.13. The summed E-state index contributed by atoms with van der Waals surface area (Å²) >= 11 is 0. The molecule has 2 heterocycles. The summed E-state index contributed by atoms with van der Waals surface area (Å²) in [7, 11) is 0. The number of hydrogen-bond acceptors (Lipinski definition) is 3. The molecular formula is C25H19FN2O2. The highest BCUT2D eigenvalue weighted by Gasteiger charge is 2.44. The number of aryl methyl sites for hydroxylation is 1. The number of imide groups is 1. The summed E-state index contributed by atoms with van der Waals surface area (Å²) in [6.45, 7) is 2.48. The third-order valence-electron chi connectivity index (χ3n) is 5.71. The van der Waals surface area contributed by atoms with Crippen molar-refractivity contribution < 1.29 is 14.0 Å². The molecule has 0 fully saturated rings. The molecule has 4 nitrogen and oxygen atoms in total. The minimum absolute atomic E-state index is 0.306. The van der Waals surface area contributed by atoms with E-state index in [0.717, 1.165) is 23.2 Å². The number of halogens is 1. The Morgan fingerprint density at radius 1 is 0.800 bits per heavy atom. The first-order valence-corrected chi connectivity index (χ1v) is 9.86. The van der Waals surface area contributed by atoms with Crippen molar-refractivity contribution in [3.8, 4) is 0 Å². The second-order valence-electron chi connectivity index (χ2n) is 7.49. The number of benzene rings is 3. The number of fused-ring (bicyclic) bond motifs is 1. The second kappa shape index (κ2) is 6.95. The van der Waals surface area contributed by atoms with Crippen LogP contribution in [-0.4, -0.2) is 18.4 Å². The van der Waals surface area contributed by atoms with Gasteiger partial charge in [-0.3, -0.25) is 9.59 Å². The summed E-state index contributed by atoms with van der Waals surface area (Å²) < 4.78 is 13.5. The van der Waals surface area contributed by atoms with Crippen molar-refractivity contribution in [1.29, 1.82) is 0 Å². The average Bonchev–Trinajstić information content (AvgIpc) is 3.28. The lowest BCUT2D eigenvalue weighted by molar-refractivity contribution is -0.120. The van der Waals surface area contributed by atoms with Crippen molar-refractivity contribution in [3.63, 3.8) is 0 Å². The van der Waals surface area contributed by atoms with Crippen LogP contribution in [0.1, 0.15) is 16.7 Å². The largest absolute Gasteiger partial charge is 0.336 e. The molecule has 3 aromatic rings. The van der Waals surface area contributed by atoms with Crippen LogP contribution in [0, 0.1) is 12.7 Å². The van der Waals surface area contributed by atoms with E-state index in [1.807, 2.05) is 54.3 Å². The zero-order valence-corrected chi connectivity index (χ0v) is 16.4. The van der Waals surface area contributed by atoms with Crippen LogP contribution in [0.3, 0.4) is 0 Å². The first-order chi connectivity index (χ1) is 14.6.